The molecule has 9 heteroatoms. The fourth-order valence-corrected chi connectivity index (χ4v) is 4.58. The van der Waals surface area contributed by atoms with Crippen molar-refractivity contribution in [1.29, 1.82) is 0 Å². The van der Waals surface area contributed by atoms with Gasteiger partial charge in [-0.3, -0.25) is 10.1 Å². The van der Waals surface area contributed by atoms with Crippen molar-refractivity contribution in [3.63, 3.8) is 0 Å². The first-order chi connectivity index (χ1) is 17.1. The second kappa shape index (κ2) is 10.2. The molecule has 3 amide bonds. The molecule has 2 aliphatic heterocycles. The highest BCUT2D eigenvalue weighted by molar-refractivity contribution is 5.96. The number of ether oxygens (including phenoxy) is 1. The summed E-state index contributed by atoms with van der Waals surface area (Å²) in [7, 11) is 1.57. The topological polar surface area (TPSA) is 91.7 Å². The molecule has 3 aromatic rings. The summed E-state index contributed by atoms with van der Waals surface area (Å²) in [6, 6.07) is 18.1. The molecule has 9 nitrogen and oxygen atoms in total. The van der Waals surface area contributed by atoms with E-state index < -0.39 is 0 Å². The van der Waals surface area contributed by atoms with E-state index in [1.807, 2.05) is 33.8 Å². The monoisotopic (exact) mass is 474 g/mol. The summed E-state index contributed by atoms with van der Waals surface area (Å²) in [6.07, 6.45) is 1.73. The Morgan fingerprint density at radius 3 is 2.49 bits per heavy atom. The molecular weight excluding hydrogens is 444 g/mol. The summed E-state index contributed by atoms with van der Waals surface area (Å²) >= 11 is 0. The van der Waals surface area contributed by atoms with Crippen LogP contribution in [0.3, 0.4) is 0 Å². The lowest BCUT2D eigenvalue weighted by molar-refractivity contribution is 0.0303. The molecule has 0 atom stereocenters. The number of benzene rings is 2. The van der Waals surface area contributed by atoms with E-state index in [1.165, 1.54) is 5.56 Å². The highest BCUT2D eigenvalue weighted by Gasteiger charge is 2.26. The van der Waals surface area contributed by atoms with Crippen LogP contribution in [0.15, 0.2) is 54.6 Å². The molecule has 3 heterocycles. The maximum Gasteiger partial charge on any atom is 0.320 e. The third-order valence-corrected chi connectivity index (χ3v) is 6.42. The Labute approximate surface area is 204 Å². The standard InChI is InChI=1S/C26H30N6O3/c1-27-26(34)28-23-18-24-31(9-10-32(24)29-23)22-16-20(8-7-19-5-3-2-4-6-19)15-21(17-22)25(33)30-11-13-35-14-12-30/h2-6,15-18H,7-14H2,1H3,(H2,27,28,29,34). The van der Waals surface area contributed by atoms with Crippen LogP contribution in [-0.4, -0.2) is 66.5 Å². The van der Waals surface area contributed by atoms with Gasteiger partial charge in [0.2, 0.25) is 0 Å². The van der Waals surface area contributed by atoms with Gasteiger partial charge in [-0.15, -0.1) is 0 Å². The highest BCUT2D eigenvalue weighted by atomic mass is 16.5. The van der Waals surface area contributed by atoms with Gasteiger partial charge in [-0.25, -0.2) is 9.48 Å². The van der Waals surface area contributed by atoms with Crippen molar-refractivity contribution in [2.24, 2.45) is 0 Å². The van der Waals surface area contributed by atoms with Gasteiger partial charge in [0.05, 0.1) is 19.8 Å². The van der Waals surface area contributed by atoms with Crippen molar-refractivity contribution in [1.82, 2.24) is 20.0 Å². The third-order valence-electron chi connectivity index (χ3n) is 6.42. The number of nitrogens with zero attached hydrogens (tertiary/aromatic N) is 4. The van der Waals surface area contributed by atoms with Crippen LogP contribution in [-0.2, 0) is 24.1 Å². The van der Waals surface area contributed by atoms with Crippen molar-refractivity contribution in [3.05, 3.63) is 71.3 Å². The number of morpholine rings is 1. The van der Waals surface area contributed by atoms with Crippen LogP contribution < -0.4 is 15.5 Å². The second-order valence-corrected chi connectivity index (χ2v) is 8.74. The van der Waals surface area contributed by atoms with E-state index >= 15 is 0 Å². The maximum absolute atomic E-state index is 13.4. The molecule has 0 unspecified atom stereocenters. The van der Waals surface area contributed by atoms with E-state index in [2.05, 4.69) is 51.0 Å². The molecule has 2 N–H and O–H groups in total. The number of aromatic nitrogens is 2. The molecule has 1 fully saturated rings. The molecule has 5 rings (SSSR count). The molecule has 0 aliphatic carbocycles. The fourth-order valence-electron chi connectivity index (χ4n) is 4.58. The number of fused-ring (bicyclic) bond motifs is 1. The van der Waals surface area contributed by atoms with Crippen LogP contribution in [0.4, 0.5) is 22.1 Å². The van der Waals surface area contributed by atoms with E-state index in [-0.39, 0.29) is 11.9 Å². The second-order valence-electron chi connectivity index (χ2n) is 8.74. The minimum absolute atomic E-state index is 0.0331. The average Bonchev–Trinajstić information content (AvgIpc) is 3.48. The van der Waals surface area contributed by atoms with Gasteiger partial charge in [0.15, 0.2) is 5.82 Å². The predicted octanol–water partition coefficient (Wildman–Crippen LogP) is 3.04. The van der Waals surface area contributed by atoms with Crippen molar-refractivity contribution in [2.45, 2.75) is 19.4 Å². The van der Waals surface area contributed by atoms with Gasteiger partial charge < -0.3 is 19.9 Å². The molecular formula is C26H30N6O3. The summed E-state index contributed by atoms with van der Waals surface area (Å²) in [5.41, 5.74) is 4.03. The Kier molecular flexibility index (Phi) is 6.67. The van der Waals surface area contributed by atoms with Gasteiger partial charge >= 0.3 is 6.03 Å². The van der Waals surface area contributed by atoms with Gasteiger partial charge in [-0.2, -0.15) is 5.10 Å². The highest BCUT2D eigenvalue weighted by Crippen LogP contribution is 2.33. The third kappa shape index (κ3) is 5.14. The lowest BCUT2D eigenvalue weighted by Crippen LogP contribution is -2.40. The normalized spacial score (nSPS) is 15.1. The van der Waals surface area contributed by atoms with Gasteiger partial charge in [-0.05, 0) is 42.2 Å². The number of amides is 3. The van der Waals surface area contributed by atoms with Crippen molar-refractivity contribution < 1.29 is 14.3 Å². The van der Waals surface area contributed by atoms with Crippen molar-refractivity contribution in [2.75, 3.05) is 50.1 Å². The number of hydrogen-bond donors (Lipinski definition) is 2. The Morgan fingerprint density at radius 1 is 0.943 bits per heavy atom. The van der Waals surface area contributed by atoms with E-state index in [9.17, 15) is 9.59 Å². The van der Waals surface area contributed by atoms with Gasteiger partial charge in [0, 0.05) is 44.0 Å². The van der Waals surface area contributed by atoms with Crippen LogP contribution in [0.1, 0.15) is 21.5 Å². The molecule has 0 spiro atoms. The Balaban J connectivity index is 1.44. The maximum atomic E-state index is 13.4. The van der Waals surface area contributed by atoms with Gasteiger partial charge in [0.1, 0.15) is 5.82 Å². The zero-order valence-electron chi connectivity index (χ0n) is 19.9. The molecule has 0 radical (unpaired) electrons. The summed E-state index contributed by atoms with van der Waals surface area (Å²) < 4.78 is 7.31. The number of nitrogens with one attached hydrogen (secondary N) is 2. The lowest BCUT2D eigenvalue weighted by atomic mass is 10.0. The lowest BCUT2D eigenvalue weighted by Gasteiger charge is -2.27. The Hall–Kier alpha value is -3.85. The molecule has 0 bridgehead atoms. The van der Waals surface area contributed by atoms with Crippen LogP contribution in [0.25, 0.3) is 0 Å². The zero-order chi connectivity index (χ0) is 24.2. The van der Waals surface area contributed by atoms with Crippen LogP contribution >= 0.6 is 0 Å². The number of aryl methyl sites for hydroxylation is 2. The van der Waals surface area contributed by atoms with Crippen LogP contribution in [0.5, 0.6) is 0 Å². The largest absolute Gasteiger partial charge is 0.378 e. The van der Waals surface area contributed by atoms with Crippen molar-refractivity contribution >= 4 is 29.3 Å². The minimum atomic E-state index is -0.311. The Morgan fingerprint density at radius 2 is 1.71 bits per heavy atom. The number of hydrogen-bond acceptors (Lipinski definition) is 5. The number of rotatable bonds is 6. The SMILES string of the molecule is CNC(=O)Nc1cc2n(n1)CCN2c1cc(CCc2ccccc2)cc(C(=O)N2CCOCC2)c1. The summed E-state index contributed by atoms with van der Waals surface area (Å²) in [6.45, 7) is 3.79. The fraction of sp³-hybridized carbons (Fsp3) is 0.346. The molecule has 1 saturated heterocycles. The number of anilines is 3. The number of urea groups is 1. The summed E-state index contributed by atoms with van der Waals surface area (Å²) in [5.74, 6) is 1.42. The first-order valence-corrected chi connectivity index (χ1v) is 12.0. The molecule has 0 saturated carbocycles. The molecule has 2 aliphatic rings. The van der Waals surface area contributed by atoms with E-state index in [1.54, 1.807) is 7.05 Å². The molecule has 1 aromatic heterocycles. The molecule has 35 heavy (non-hydrogen) atoms. The average molecular weight is 475 g/mol. The first kappa shape index (κ1) is 22.9. The predicted molar refractivity (Wildman–Crippen MR) is 134 cm³/mol. The Bertz CT molecular complexity index is 1200. The minimum Gasteiger partial charge on any atom is -0.378 e. The quantitative estimate of drug-likeness (QED) is 0.573. The number of carbonyl (C=O) groups is 2. The van der Waals surface area contributed by atoms with E-state index in [4.69, 9.17) is 4.74 Å². The van der Waals surface area contributed by atoms with Crippen molar-refractivity contribution in [3.8, 4) is 0 Å². The van der Waals surface area contributed by atoms with Gasteiger partial charge in [0.25, 0.3) is 5.91 Å². The zero-order valence-corrected chi connectivity index (χ0v) is 19.9. The van der Waals surface area contributed by atoms with Crippen LogP contribution in [0, 0.1) is 0 Å². The molecule has 182 valence electrons. The number of carbonyl (C=O) groups excluding carboxylic acids is 2. The summed E-state index contributed by atoms with van der Waals surface area (Å²) in [4.78, 5) is 29.1. The van der Waals surface area contributed by atoms with E-state index in [0.29, 0.717) is 44.2 Å². The van der Waals surface area contributed by atoms with E-state index in [0.717, 1.165) is 36.5 Å². The molecule has 2 aromatic carbocycles. The first-order valence-electron chi connectivity index (χ1n) is 12.0. The summed E-state index contributed by atoms with van der Waals surface area (Å²) in [5, 5.41) is 9.78. The smallest absolute Gasteiger partial charge is 0.320 e. The van der Waals surface area contributed by atoms with Crippen LogP contribution in [0.2, 0.25) is 0 Å². The van der Waals surface area contributed by atoms with Gasteiger partial charge in [-0.1, -0.05) is 30.3 Å².